The SMILES string of the molecule is O=C(CSc1nnc(-c2ccncc2)n1-c1ccc(Br)cc1)N/N=C\C=C\c1ccco1. The van der Waals surface area contributed by atoms with Gasteiger partial charge in [-0.05, 0) is 60.7 Å². The van der Waals surface area contributed by atoms with Crippen molar-refractivity contribution in [3.8, 4) is 17.1 Å². The van der Waals surface area contributed by atoms with E-state index in [0.29, 0.717) is 16.7 Å². The van der Waals surface area contributed by atoms with Gasteiger partial charge in [-0.2, -0.15) is 5.10 Å². The second-order valence-corrected chi connectivity index (χ2v) is 8.19. The van der Waals surface area contributed by atoms with Crippen molar-refractivity contribution in [3.63, 3.8) is 0 Å². The Morgan fingerprint density at radius 1 is 1.16 bits per heavy atom. The predicted octanol–water partition coefficient (Wildman–Crippen LogP) is 4.59. The highest BCUT2D eigenvalue weighted by atomic mass is 79.9. The van der Waals surface area contributed by atoms with Gasteiger partial charge in [-0.15, -0.1) is 10.2 Å². The average Bonchev–Trinajstić information content (AvgIpc) is 3.49. The van der Waals surface area contributed by atoms with Crippen molar-refractivity contribution in [2.45, 2.75) is 5.16 Å². The zero-order chi connectivity index (χ0) is 22.2. The maximum absolute atomic E-state index is 12.2. The van der Waals surface area contributed by atoms with E-state index in [1.54, 1.807) is 36.9 Å². The number of rotatable bonds is 8. The third-order valence-corrected chi connectivity index (χ3v) is 5.60. The summed E-state index contributed by atoms with van der Waals surface area (Å²) in [5.41, 5.74) is 4.25. The number of furan rings is 1. The fraction of sp³-hybridized carbons (Fsp3) is 0.0455. The fourth-order valence-corrected chi connectivity index (χ4v) is 3.72. The van der Waals surface area contributed by atoms with Crippen LogP contribution in [0.3, 0.4) is 0 Å². The van der Waals surface area contributed by atoms with Gasteiger partial charge < -0.3 is 4.42 Å². The van der Waals surface area contributed by atoms with Gasteiger partial charge in [0.2, 0.25) is 0 Å². The van der Waals surface area contributed by atoms with Gasteiger partial charge in [0.1, 0.15) is 5.76 Å². The van der Waals surface area contributed by atoms with Crippen LogP contribution in [0, 0.1) is 0 Å². The summed E-state index contributed by atoms with van der Waals surface area (Å²) in [4.78, 5) is 16.3. The number of carbonyl (C=O) groups excluding carboxylic acids is 1. The van der Waals surface area contributed by atoms with Crippen LogP contribution in [-0.4, -0.2) is 37.6 Å². The van der Waals surface area contributed by atoms with Crippen molar-refractivity contribution in [1.82, 2.24) is 25.2 Å². The largest absolute Gasteiger partial charge is 0.465 e. The minimum absolute atomic E-state index is 0.129. The van der Waals surface area contributed by atoms with Gasteiger partial charge in [0.05, 0.1) is 12.0 Å². The lowest BCUT2D eigenvalue weighted by Crippen LogP contribution is -2.19. The molecular weight excluding hydrogens is 492 g/mol. The topological polar surface area (TPSA) is 98.2 Å². The minimum atomic E-state index is -0.256. The Labute approximate surface area is 196 Å². The maximum atomic E-state index is 12.2. The van der Waals surface area contributed by atoms with Crippen molar-refractivity contribution in [3.05, 3.63) is 83.5 Å². The highest BCUT2D eigenvalue weighted by Crippen LogP contribution is 2.28. The summed E-state index contributed by atoms with van der Waals surface area (Å²) < 4.78 is 8.05. The van der Waals surface area contributed by atoms with E-state index in [9.17, 15) is 4.79 Å². The Bertz CT molecular complexity index is 1220. The average molecular weight is 509 g/mol. The Morgan fingerprint density at radius 3 is 2.72 bits per heavy atom. The van der Waals surface area contributed by atoms with Crippen molar-refractivity contribution in [2.24, 2.45) is 5.10 Å². The summed E-state index contributed by atoms with van der Waals surface area (Å²) in [7, 11) is 0. The molecule has 1 amide bonds. The number of amides is 1. The predicted molar refractivity (Wildman–Crippen MR) is 127 cm³/mol. The van der Waals surface area contributed by atoms with Crippen LogP contribution in [0.2, 0.25) is 0 Å². The number of allylic oxidation sites excluding steroid dienone is 1. The lowest BCUT2D eigenvalue weighted by molar-refractivity contribution is -0.118. The van der Waals surface area contributed by atoms with E-state index in [2.05, 4.69) is 41.6 Å². The van der Waals surface area contributed by atoms with Crippen LogP contribution in [0.25, 0.3) is 23.2 Å². The fourth-order valence-electron chi connectivity index (χ4n) is 2.71. The molecule has 0 aliphatic carbocycles. The standard InChI is InChI=1S/C22H17BrN6O2S/c23-17-5-7-18(8-6-17)29-21(16-9-12-24-13-10-16)27-28-22(29)32-15-20(30)26-25-11-1-3-19-4-2-14-31-19/h1-14H,15H2,(H,26,30)/b3-1+,25-11-. The summed E-state index contributed by atoms with van der Waals surface area (Å²) in [5, 5.41) is 13.2. The first-order chi connectivity index (χ1) is 15.7. The molecule has 8 nitrogen and oxygen atoms in total. The van der Waals surface area contributed by atoms with Gasteiger partial charge in [0.15, 0.2) is 11.0 Å². The lowest BCUT2D eigenvalue weighted by Gasteiger charge is -2.10. The molecular formula is C22H17BrN6O2S. The number of benzene rings is 1. The van der Waals surface area contributed by atoms with Crippen molar-refractivity contribution in [1.29, 1.82) is 0 Å². The summed E-state index contributed by atoms with van der Waals surface area (Å²) in [6.07, 6.45) is 9.89. The summed E-state index contributed by atoms with van der Waals surface area (Å²) in [5.74, 6) is 1.24. The highest BCUT2D eigenvalue weighted by Gasteiger charge is 2.17. The molecule has 4 rings (SSSR count). The monoisotopic (exact) mass is 508 g/mol. The van der Waals surface area contributed by atoms with E-state index in [0.717, 1.165) is 15.7 Å². The summed E-state index contributed by atoms with van der Waals surface area (Å²) in [6.45, 7) is 0. The minimum Gasteiger partial charge on any atom is -0.465 e. The molecule has 32 heavy (non-hydrogen) atoms. The molecule has 0 spiro atoms. The number of hydrogen-bond acceptors (Lipinski definition) is 7. The summed E-state index contributed by atoms with van der Waals surface area (Å²) in [6, 6.07) is 15.1. The summed E-state index contributed by atoms with van der Waals surface area (Å²) >= 11 is 4.73. The molecule has 0 unspecified atom stereocenters. The van der Waals surface area contributed by atoms with E-state index in [-0.39, 0.29) is 11.7 Å². The Morgan fingerprint density at radius 2 is 1.97 bits per heavy atom. The molecule has 0 aliphatic heterocycles. The number of pyridine rings is 1. The third-order valence-electron chi connectivity index (χ3n) is 4.14. The van der Waals surface area contributed by atoms with E-state index >= 15 is 0 Å². The molecule has 0 bridgehead atoms. The van der Waals surface area contributed by atoms with Crippen molar-refractivity contribution < 1.29 is 9.21 Å². The van der Waals surface area contributed by atoms with Gasteiger partial charge in [-0.1, -0.05) is 27.7 Å². The molecule has 0 radical (unpaired) electrons. The van der Waals surface area contributed by atoms with Crippen LogP contribution in [-0.2, 0) is 4.79 Å². The number of hydrogen-bond donors (Lipinski definition) is 1. The number of thioether (sulfide) groups is 1. The van der Waals surface area contributed by atoms with E-state index < -0.39 is 0 Å². The van der Waals surface area contributed by atoms with Crippen LogP contribution in [0.1, 0.15) is 5.76 Å². The second kappa shape index (κ2) is 10.7. The molecule has 0 fully saturated rings. The first kappa shape index (κ1) is 21.7. The van der Waals surface area contributed by atoms with Gasteiger partial charge in [0.25, 0.3) is 5.91 Å². The zero-order valence-electron chi connectivity index (χ0n) is 16.6. The number of nitrogens with zero attached hydrogens (tertiary/aromatic N) is 5. The normalized spacial score (nSPS) is 11.4. The molecule has 4 aromatic rings. The van der Waals surface area contributed by atoms with E-state index in [4.69, 9.17) is 4.42 Å². The zero-order valence-corrected chi connectivity index (χ0v) is 19.0. The first-order valence-electron chi connectivity index (χ1n) is 9.47. The van der Waals surface area contributed by atoms with Crippen LogP contribution in [0.15, 0.2) is 92.4 Å². The molecule has 1 aromatic carbocycles. The Balaban J connectivity index is 1.45. The van der Waals surface area contributed by atoms with Crippen LogP contribution in [0.4, 0.5) is 0 Å². The number of hydrazone groups is 1. The molecule has 0 saturated carbocycles. The number of carbonyl (C=O) groups is 1. The number of nitrogens with one attached hydrogen (secondary N) is 1. The first-order valence-corrected chi connectivity index (χ1v) is 11.3. The quantitative estimate of drug-likeness (QED) is 0.212. The van der Waals surface area contributed by atoms with Crippen molar-refractivity contribution in [2.75, 3.05) is 5.75 Å². The molecule has 0 atom stereocenters. The number of aromatic nitrogens is 4. The number of halogens is 1. The molecule has 160 valence electrons. The Hall–Kier alpha value is -3.50. The second-order valence-electron chi connectivity index (χ2n) is 6.33. The van der Waals surface area contributed by atoms with Crippen LogP contribution >= 0.6 is 27.7 Å². The smallest absolute Gasteiger partial charge is 0.250 e. The molecule has 1 N–H and O–H groups in total. The maximum Gasteiger partial charge on any atom is 0.250 e. The third kappa shape index (κ3) is 5.59. The molecule has 0 saturated heterocycles. The van der Waals surface area contributed by atoms with Crippen LogP contribution in [0.5, 0.6) is 0 Å². The lowest BCUT2D eigenvalue weighted by atomic mass is 10.2. The van der Waals surface area contributed by atoms with Gasteiger partial charge in [-0.25, -0.2) is 5.43 Å². The highest BCUT2D eigenvalue weighted by molar-refractivity contribution is 9.10. The molecule has 3 heterocycles. The van der Waals surface area contributed by atoms with Gasteiger partial charge in [-0.3, -0.25) is 14.3 Å². The van der Waals surface area contributed by atoms with Gasteiger partial charge in [0, 0.05) is 34.3 Å². The molecule has 0 aliphatic rings. The van der Waals surface area contributed by atoms with Gasteiger partial charge >= 0.3 is 0 Å². The Kier molecular flexibility index (Phi) is 7.26. The van der Waals surface area contributed by atoms with E-state index in [1.165, 1.54) is 18.0 Å². The van der Waals surface area contributed by atoms with E-state index in [1.807, 2.05) is 47.0 Å². The molecule has 10 heteroatoms. The molecule has 3 aromatic heterocycles. The van der Waals surface area contributed by atoms with Crippen LogP contribution < -0.4 is 5.43 Å². The van der Waals surface area contributed by atoms with Crippen molar-refractivity contribution >= 4 is 45.9 Å².